The van der Waals surface area contributed by atoms with E-state index in [0.717, 1.165) is 16.8 Å². The van der Waals surface area contributed by atoms with E-state index in [2.05, 4.69) is 9.97 Å². The molecule has 4 rings (SSSR count). The summed E-state index contributed by atoms with van der Waals surface area (Å²) in [6, 6.07) is 7.56. The van der Waals surface area contributed by atoms with Crippen LogP contribution in [0.3, 0.4) is 0 Å². The number of aliphatic hydroxyl groups excluding tert-OH is 1. The Bertz CT molecular complexity index is 1130. The first-order valence-electron chi connectivity index (χ1n) is 12.8. The Morgan fingerprint density at radius 3 is 2.51 bits per heavy atom. The van der Waals surface area contributed by atoms with E-state index in [-0.39, 0.29) is 18.2 Å². The van der Waals surface area contributed by atoms with Gasteiger partial charge in [0.15, 0.2) is 5.78 Å². The van der Waals surface area contributed by atoms with Crippen molar-refractivity contribution in [3.8, 4) is 0 Å². The standard InChI is InChI=1S/C28H37N3O6/c1-27(2,3)37-26(34)31(17-22(32)21-11-10-19-8-6-12-29-23(19)24(21)33)16-18-14-20-9-7-13-30-25(20)28(15-18,35-4)36-5/h6-9,12-13,18,21-22,32H,10-11,14-17H2,1-5H3. The second-order valence-corrected chi connectivity index (χ2v) is 10.9. The van der Waals surface area contributed by atoms with Gasteiger partial charge in [-0.15, -0.1) is 0 Å². The highest BCUT2D eigenvalue weighted by Gasteiger charge is 2.44. The summed E-state index contributed by atoms with van der Waals surface area (Å²) in [6.45, 7) is 5.67. The summed E-state index contributed by atoms with van der Waals surface area (Å²) in [6.07, 6.45) is 3.99. The highest BCUT2D eigenvalue weighted by atomic mass is 16.7. The van der Waals surface area contributed by atoms with Crippen molar-refractivity contribution in [1.82, 2.24) is 14.9 Å². The Balaban J connectivity index is 1.56. The Kier molecular flexibility index (Phi) is 7.96. The van der Waals surface area contributed by atoms with Crippen LogP contribution in [0.25, 0.3) is 0 Å². The van der Waals surface area contributed by atoms with E-state index in [9.17, 15) is 14.7 Å². The number of fused-ring (bicyclic) bond motifs is 2. The maximum atomic E-state index is 13.3. The SMILES string of the molecule is COC1(OC)CC(CN(CC(O)C2CCc3cccnc3C2=O)C(=O)OC(C)(C)C)Cc2cccnc21. The number of carbonyl (C=O) groups is 2. The summed E-state index contributed by atoms with van der Waals surface area (Å²) < 4.78 is 17.3. The molecule has 2 aromatic rings. The van der Waals surface area contributed by atoms with Crippen LogP contribution in [0.4, 0.5) is 4.79 Å². The zero-order chi connectivity index (χ0) is 26.8. The van der Waals surface area contributed by atoms with Crippen LogP contribution >= 0.6 is 0 Å². The third-order valence-electron chi connectivity index (χ3n) is 7.17. The van der Waals surface area contributed by atoms with E-state index in [1.54, 1.807) is 47.4 Å². The molecule has 9 heteroatoms. The molecule has 1 amide bonds. The topological polar surface area (TPSA) is 111 Å². The molecule has 2 aliphatic rings. The first kappa shape index (κ1) is 27.2. The molecule has 0 fully saturated rings. The maximum absolute atomic E-state index is 13.3. The van der Waals surface area contributed by atoms with Gasteiger partial charge in [0, 0.05) is 39.6 Å². The monoisotopic (exact) mass is 511 g/mol. The van der Waals surface area contributed by atoms with E-state index in [1.807, 2.05) is 24.3 Å². The number of rotatable bonds is 7. The van der Waals surface area contributed by atoms with Gasteiger partial charge in [0.1, 0.15) is 17.0 Å². The maximum Gasteiger partial charge on any atom is 0.410 e. The second-order valence-electron chi connectivity index (χ2n) is 10.9. The Hall–Kier alpha value is -2.88. The number of Topliss-reactive ketones (excluding diaryl/α,β-unsaturated/α-hetero) is 1. The van der Waals surface area contributed by atoms with Crippen molar-refractivity contribution in [2.45, 2.75) is 63.9 Å². The van der Waals surface area contributed by atoms with Crippen molar-refractivity contribution in [2.75, 3.05) is 27.3 Å². The first-order chi connectivity index (χ1) is 17.6. The van der Waals surface area contributed by atoms with E-state index in [0.29, 0.717) is 37.9 Å². The van der Waals surface area contributed by atoms with E-state index >= 15 is 0 Å². The van der Waals surface area contributed by atoms with Crippen LogP contribution in [-0.2, 0) is 32.8 Å². The van der Waals surface area contributed by atoms with Gasteiger partial charge in [-0.05, 0) is 69.2 Å². The van der Waals surface area contributed by atoms with Crippen LogP contribution in [0.2, 0.25) is 0 Å². The van der Waals surface area contributed by atoms with Gasteiger partial charge in [0.2, 0.25) is 5.79 Å². The number of pyridine rings is 2. The molecule has 0 spiro atoms. The van der Waals surface area contributed by atoms with Gasteiger partial charge in [-0.2, -0.15) is 0 Å². The summed E-state index contributed by atoms with van der Waals surface area (Å²) in [5, 5.41) is 11.2. The molecule has 1 N–H and O–H groups in total. The van der Waals surface area contributed by atoms with Crippen LogP contribution in [-0.4, -0.2) is 70.9 Å². The van der Waals surface area contributed by atoms with E-state index in [4.69, 9.17) is 14.2 Å². The number of hydrogen-bond acceptors (Lipinski definition) is 8. The van der Waals surface area contributed by atoms with Crippen LogP contribution < -0.4 is 0 Å². The predicted molar refractivity (Wildman–Crippen MR) is 136 cm³/mol. The van der Waals surface area contributed by atoms with Gasteiger partial charge < -0.3 is 24.2 Å². The molecule has 0 radical (unpaired) electrons. The Labute approximate surface area is 218 Å². The number of aromatic nitrogens is 2. The molecule has 0 aromatic carbocycles. The zero-order valence-corrected chi connectivity index (χ0v) is 22.3. The lowest BCUT2D eigenvalue weighted by Gasteiger charge is -2.41. The molecule has 9 nitrogen and oxygen atoms in total. The molecular formula is C28H37N3O6. The fourth-order valence-corrected chi connectivity index (χ4v) is 5.44. The molecule has 3 unspecified atom stereocenters. The van der Waals surface area contributed by atoms with E-state index in [1.165, 1.54) is 4.90 Å². The minimum Gasteiger partial charge on any atom is -0.444 e. The molecule has 2 aliphatic carbocycles. The fourth-order valence-electron chi connectivity index (χ4n) is 5.44. The quantitative estimate of drug-likeness (QED) is 0.562. The minimum atomic E-state index is -1.05. The number of aliphatic hydroxyl groups is 1. The van der Waals surface area contributed by atoms with Crippen LogP contribution in [0.15, 0.2) is 36.7 Å². The number of nitrogens with zero attached hydrogens (tertiary/aromatic N) is 3. The van der Waals surface area contributed by atoms with Crippen LogP contribution in [0.1, 0.15) is 60.9 Å². The van der Waals surface area contributed by atoms with Crippen molar-refractivity contribution < 1.29 is 28.9 Å². The highest BCUT2D eigenvalue weighted by molar-refractivity contribution is 5.98. The molecule has 0 bridgehead atoms. The summed E-state index contributed by atoms with van der Waals surface area (Å²) in [7, 11) is 3.17. The van der Waals surface area contributed by atoms with Gasteiger partial charge in [-0.3, -0.25) is 14.8 Å². The number of hydrogen-bond donors (Lipinski definition) is 1. The Morgan fingerprint density at radius 1 is 1.16 bits per heavy atom. The van der Waals surface area contributed by atoms with Crippen molar-refractivity contribution in [2.24, 2.45) is 11.8 Å². The van der Waals surface area contributed by atoms with Crippen LogP contribution in [0.5, 0.6) is 0 Å². The summed E-state index contributed by atoms with van der Waals surface area (Å²) in [4.78, 5) is 36.7. The molecular weight excluding hydrogens is 474 g/mol. The lowest BCUT2D eigenvalue weighted by molar-refractivity contribution is -0.234. The molecule has 0 saturated carbocycles. The smallest absolute Gasteiger partial charge is 0.410 e. The largest absolute Gasteiger partial charge is 0.444 e. The number of methoxy groups -OCH3 is 2. The second kappa shape index (κ2) is 10.8. The van der Waals surface area contributed by atoms with Gasteiger partial charge in [-0.1, -0.05) is 12.1 Å². The Morgan fingerprint density at radius 2 is 1.84 bits per heavy atom. The predicted octanol–water partition coefficient (Wildman–Crippen LogP) is 3.53. The lowest BCUT2D eigenvalue weighted by Crippen LogP contribution is -2.49. The van der Waals surface area contributed by atoms with Gasteiger partial charge >= 0.3 is 6.09 Å². The van der Waals surface area contributed by atoms with Crippen molar-refractivity contribution in [1.29, 1.82) is 0 Å². The molecule has 200 valence electrons. The number of carbonyl (C=O) groups excluding carboxylic acids is 2. The molecule has 2 heterocycles. The average molecular weight is 512 g/mol. The number of ether oxygens (including phenoxy) is 3. The zero-order valence-electron chi connectivity index (χ0n) is 22.3. The normalized spacial score (nSPS) is 21.5. The fraction of sp³-hybridized carbons (Fsp3) is 0.571. The summed E-state index contributed by atoms with van der Waals surface area (Å²) >= 11 is 0. The van der Waals surface area contributed by atoms with Gasteiger partial charge in [-0.25, -0.2) is 4.79 Å². The molecule has 37 heavy (non-hydrogen) atoms. The van der Waals surface area contributed by atoms with E-state index < -0.39 is 29.5 Å². The summed E-state index contributed by atoms with van der Waals surface area (Å²) in [5.41, 5.74) is 2.31. The third-order valence-corrected chi connectivity index (χ3v) is 7.17. The molecule has 2 aromatic heterocycles. The first-order valence-corrected chi connectivity index (χ1v) is 12.8. The molecule has 0 aliphatic heterocycles. The number of ketones is 1. The molecule has 0 saturated heterocycles. The highest BCUT2D eigenvalue weighted by Crippen LogP contribution is 2.40. The number of amides is 1. The number of aryl methyl sites for hydroxylation is 1. The average Bonchev–Trinajstić information content (AvgIpc) is 2.87. The summed E-state index contributed by atoms with van der Waals surface area (Å²) in [5.74, 6) is -1.91. The van der Waals surface area contributed by atoms with Crippen molar-refractivity contribution in [3.05, 3.63) is 59.2 Å². The third kappa shape index (κ3) is 5.84. The lowest BCUT2D eigenvalue weighted by atomic mass is 9.81. The minimum absolute atomic E-state index is 0.0309. The van der Waals surface area contributed by atoms with Crippen molar-refractivity contribution >= 4 is 11.9 Å². The molecule has 3 atom stereocenters. The van der Waals surface area contributed by atoms with Gasteiger partial charge in [0.25, 0.3) is 0 Å². The van der Waals surface area contributed by atoms with Gasteiger partial charge in [0.05, 0.1) is 18.6 Å². The van der Waals surface area contributed by atoms with Crippen molar-refractivity contribution in [3.63, 3.8) is 0 Å². The van der Waals surface area contributed by atoms with Crippen LogP contribution in [0, 0.1) is 11.8 Å².